The Balaban J connectivity index is 1.26. The summed E-state index contributed by atoms with van der Waals surface area (Å²) in [5.74, 6) is -3.92. The lowest BCUT2D eigenvalue weighted by molar-refractivity contribution is -0.123. The van der Waals surface area contributed by atoms with Crippen LogP contribution in [0.15, 0.2) is 113 Å². The average molecular weight is 570 g/mol. The lowest BCUT2D eigenvalue weighted by Gasteiger charge is -2.42. The van der Waals surface area contributed by atoms with Crippen molar-refractivity contribution in [3.05, 3.63) is 130 Å². The van der Waals surface area contributed by atoms with Crippen molar-refractivity contribution in [3.63, 3.8) is 0 Å². The van der Waals surface area contributed by atoms with Crippen molar-refractivity contribution in [1.82, 2.24) is 0 Å². The third kappa shape index (κ3) is 4.07. The SMILES string of the molecule is CC1=CC(=O)C2=C(C1=O)[C@@H](c1ccccc1O)C1=CC[C@@H]3C(=O)N(c4ccc(C(=O)c5ccccc5)cc4)C(=O)[C@@H]3[C@@H]1C2. The fourth-order valence-corrected chi connectivity index (χ4v) is 7.22. The number of para-hydroxylation sites is 1. The van der Waals surface area contributed by atoms with Crippen molar-refractivity contribution < 1.29 is 29.1 Å². The Morgan fingerprint density at radius 2 is 1.49 bits per heavy atom. The molecule has 1 N–H and O–H groups in total. The molecule has 0 spiro atoms. The number of amides is 2. The number of fused-ring (bicyclic) bond motifs is 3. The molecule has 7 nitrogen and oxygen atoms in total. The average Bonchev–Trinajstić information content (AvgIpc) is 3.28. The maximum Gasteiger partial charge on any atom is 0.238 e. The Morgan fingerprint density at radius 1 is 0.814 bits per heavy atom. The Bertz CT molecular complexity index is 1850. The van der Waals surface area contributed by atoms with Gasteiger partial charge in [0.2, 0.25) is 11.8 Å². The molecule has 43 heavy (non-hydrogen) atoms. The molecule has 212 valence electrons. The molecule has 3 aromatic rings. The van der Waals surface area contributed by atoms with Crippen molar-refractivity contribution >= 4 is 34.9 Å². The molecule has 2 amide bonds. The Kier molecular flexibility index (Phi) is 6.20. The van der Waals surface area contributed by atoms with Crippen LogP contribution in [0.25, 0.3) is 0 Å². The number of carbonyl (C=O) groups excluding carboxylic acids is 5. The predicted molar refractivity (Wildman–Crippen MR) is 158 cm³/mol. The Hall–Kier alpha value is -5.17. The monoisotopic (exact) mass is 569 g/mol. The number of ketones is 3. The number of carbonyl (C=O) groups is 5. The standard InChI is InChI=1S/C36H27NO6/c1-19-17-29(39)27-18-26-23(30(32(27)33(19)40)24-9-5-6-10-28(24)38)15-16-25-31(26)36(43)37(35(25)42)22-13-11-21(12-14-22)34(41)20-7-3-2-4-8-20/h2-15,17,25-26,30-31,38H,16,18H2,1H3/t25-,26+,30+,31-/m0/s1. The number of anilines is 1. The molecule has 1 heterocycles. The molecule has 7 rings (SSSR count). The van der Waals surface area contributed by atoms with E-state index in [1.807, 2.05) is 12.1 Å². The van der Waals surface area contributed by atoms with E-state index in [0.29, 0.717) is 45.5 Å². The number of aromatic hydroxyl groups is 1. The minimum atomic E-state index is -0.726. The van der Waals surface area contributed by atoms with Crippen LogP contribution in [0.4, 0.5) is 5.69 Å². The van der Waals surface area contributed by atoms with E-state index in [4.69, 9.17) is 0 Å². The largest absolute Gasteiger partial charge is 0.508 e. The van der Waals surface area contributed by atoms with Gasteiger partial charge in [0.25, 0.3) is 0 Å². The van der Waals surface area contributed by atoms with Gasteiger partial charge in [-0.3, -0.25) is 28.9 Å². The molecule has 0 aromatic heterocycles. The van der Waals surface area contributed by atoms with Crippen LogP contribution in [0.2, 0.25) is 0 Å². The first-order valence-corrected chi connectivity index (χ1v) is 14.3. The van der Waals surface area contributed by atoms with E-state index in [2.05, 4.69) is 0 Å². The molecule has 0 bridgehead atoms. The van der Waals surface area contributed by atoms with Crippen molar-refractivity contribution in [3.8, 4) is 5.75 Å². The minimum absolute atomic E-state index is 0.00364. The first kappa shape index (κ1) is 26.7. The van der Waals surface area contributed by atoms with Gasteiger partial charge in [-0.15, -0.1) is 0 Å². The van der Waals surface area contributed by atoms with Gasteiger partial charge in [0.1, 0.15) is 5.75 Å². The number of imide groups is 1. The summed E-state index contributed by atoms with van der Waals surface area (Å²) in [5, 5.41) is 10.9. The van der Waals surface area contributed by atoms with Crippen molar-refractivity contribution in [2.45, 2.75) is 25.7 Å². The summed E-state index contributed by atoms with van der Waals surface area (Å²) in [6, 6.07) is 22.1. The van der Waals surface area contributed by atoms with Gasteiger partial charge in [-0.1, -0.05) is 60.2 Å². The van der Waals surface area contributed by atoms with E-state index in [1.54, 1.807) is 79.7 Å². The van der Waals surface area contributed by atoms with Crippen molar-refractivity contribution in [1.29, 1.82) is 0 Å². The molecule has 0 saturated carbocycles. The maximum atomic E-state index is 14.1. The summed E-state index contributed by atoms with van der Waals surface area (Å²) in [7, 11) is 0. The molecule has 7 heteroatoms. The highest BCUT2D eigenvalue weighted by atomic mass is 16.3. The smallest absolute Gasteiger partial charge is 0.238 e. The number of Topliss-reactive ketones (excluding diaryl/α,β-unsaturated/α-hetero) is 1. The third-order valence-electron chi connectivity index (χ3n) is 9.24. The van der Waals surface area contributed by atoms with Crippen LogP contribution in [0.1, 0.15) is 47.2 Å². The van der Waals surface area contributed by atoms with Crippen LogP contribution < -0.4 is 4.90 Å². The number of nitrogens with zero attached hydrogens (tertiary/aromatic N) is 1. The summed E-state index contributed by atoms with van der Waals surface area (Å²) in [6.45, 7) is 1.61. The number of phenolic OH excluding ortho intramolecular Hbond substituents is 1. The Morgan fingerprint density at radius 3 is 2.21 bits per heavy atom. The number of hydrogen-bond acceptors (Lipinski definition) is 6. The lowest BCUT2D eigenvalue weighted by Crippen LogP contribution is -2.39. The van der Waals surface area contributed by atoms with Gasteiger partial charge in [-0.2, -0.15) is 0 Å². The first-order valence-electron chi connectivity index (χ1n) is 14.3. The fourth-order valence-electron chi connectivity index (χ4n) is 7.22. The minimum Gasteiger partial charge on any atom is -0.508 e. The first-order chi connectivity index (χ1) is 20.8. The van der Waals surface area contributed by atoms with E-state index < -0.39 is 23.7 Å². The van der Waals surface area contributed by atoms with Gasteiger partial charge in [0.15, 0.2) is 17.3 Å². The lowest BCUT2D eigenvalue weighted by atomic mass is 9.59. The molecule has 0 radical (unpaired) electrons. The highest BCUT2D eigenvalue weighted by Crippen LogP contribution is 2.56. The summed E-state index contributed by atoms with van der Waals surface area (Å²) >= 11 is 0. The fraction of sp³-hybridized carbons (Fsp3) is 0.194. The zero-order valence-electron chi connectivity index (χ0n) is 23.3. The van der Waals surface area contributed by atoms with E-state index >= 15 is 0 Å². The quantitative estimate of drug-likeness (QED) is 0.199. The van der Waals surface area contributed by atoms with E-state index in [-0.39, 0.29) is 41.3 Å². The van der Waals surface area contributed by atoms with Gasteiger partial charge in [0, 0.05) is 39.3 Å². The van der Waals surface area contributed by atoms with Crippen LogP contribution >= 0.6 is 0 Å². The van der Waals surface area contributed by atoms with E-state index in [0.717, 1.165) is 5.57 Å². The van der Waals surface area contributed by atoms with Crippen LogP contribution in [0, 0.1) is 17.8 Å². The normalized spacial score (nSPS) is 24.7. The van der Waals surface area contributed by atoms with Crippen molar-refractivity contribution in [2.24, 2.45) is 17.8 Å². The number of allylic oxidation sites excluding steroid dienone is 6. The van der Waals surface area contributed by atoms with E-state index in [9.17, 15) is 29.1 Å². The number of phenols is 1. The summed E-state index contributed by atoms with van der Waals surface area (Å²) in [4.78, 5) is 68.7. The highest BCUT2D eigenvalue weighted by Gasteiger charge is 2.56. The van der Waals surface area contributed by atoms with Gasteiger partial charge >= 0.3 is 0 Å². The zero-order valence-corrected chi connectivity index (χ0v) is 23.3. The molecule has 3 aliphatic carbocycles. The number of benzene rings is 3. The maximum absolute atomic E-state index is 14.1. The van der Waals surface area contributed by atoms with Gasteiger partial charge in [-0.25, -0.2) is 0 Å². The molecule has 1 fully saturated rings. The van der Waals surface area contributed by atoms with Crippen molar-refractivity contribution in [2.75, 3.05) is 4.90 Å². The van der Waals surface area contributed by atoms with Gasteiger partial charge in [-0.05, 0) is 62.1 Å². The zero-order chi connectivity index (χ0) is 30.0. The summed E-state index contributed by atoms with van der Waals surface area (Å²) < 4.78 is 0. The molecule has 4 atom stereocenters. The van der Waals surface area contributed by atoms with Crippen LogP contribution in [0.5, 0.6) is 5.75 Å². The molecular formula is C36H27NO6. The molecule has 3 aromatic carbocycles. The van der Waals surface area contributed by atoms with E-state index in [1.165, 1.54) is 11.0 Å². The van der Waals surface area contributed by atoms with Gasteiger partial charge in [0.05, 0.1) is 17.5 Å². The summed E-state index contributed by atoms with van der Waals surface area (Å²) in [5.41, 5.74) is 3.66. The molecule has 1 aliphatic heterocycles. The second-order valence-corrected chi connectivity index (χ2v) is 11.5. The third-order valence-corrected chi connectivity index (χ3v) is 9.24. The van der Waals surface area contributed by atoms with Crippen LogP contribution in [-0.2, 0) is 19.2 Å². The number of hydrogen-bond donors (Lipinski definition) is 1. The second kappa shape index (κ2) is 9.98. The highest BCUT2D eigenvalue weighted by molar-refractivity contribution is 6.25. The molecule has 1 saturated heterocycles. The Labute approximate surface area is 247 Å². The second-order valence-electron chi connectivity index (χ2n) is 11.5. The predicted octanol–water partition coefficient (Wildman–Crippen LogP) is 5.26. The van der Waals surface area contributed by atoms with Gasteiger partial charge < -0.3 is 5.11 Å². The van der Waals surface area contributed by atoms with Crippen LogP contribution in [0.3, 0.4) is 0 Å². The van der Waals surface area contributed by atoms with Crippen LogP contribution in [-0.4, -0.2) is 34.3 Å². The summed E-state index contributed by atoms with van der Waals surface area (Å²) in [6.07, 6.45) is 3.72. The number of rotatable bonds is 4. The molecule has 0 unspecified atom stereocenters. The molecular weight excluding hydrogens is 542 g/mol. The topological polar surface area (TPSA) is 109 Å². The molecule has 4 aliphatic rings.